The number of ether oxygens (including phenoxy) is 1. The van der Waals surface area contributed by atoms with Crippen LogP contribution in [0.5, 0.6) is 0 Å². The molecule has 0 aromatic heterocycles. The van der Waals surface area contributed by atoms with E-state index in [9.17, 15) is 0 Å². The number of hydrogen-bond acceptors (Lipinski definition) is 3. The Labute approximate surface area is 124 Å². The first-order valence-corrected chi connectivity index (χ1v) is 7.59. The number of nitrogens with two attached hydrogens (primary N) is 1. The van der Waals surface area contributed by atoms with E-state index in [2.05, 4.69) is 59.8 Å². The van der Waals surface area contributed by atoms with Gasteiger partial charge in [-0.1, -0.05) is 22.0 Å². The smallest absolute Gasteiger partial charge is 0.0694 e. The zero-order valence-electron chi connectivity index (χ0n) is 11.9. The first kappa shape index (κ1) is 14.8. The standard InChI is InChI=1S/C15H23BrN2O/c1-11(17)8-12-4-5-13(16)9-14(12)18-6-7-19-10-15(18,2)3/h4-5,9,11H,6-8,10,17H2,1-3H3. The Hall–Kier alpha value is -0.580. The van der Waals surface area contributed by atoms with E-state index >= 15 is 0 Å². The van der Waals surface area contributed by atoms with Gasteiger partial charge in [0.05, 0.1) is 18.8 Å². The second-order valence-corrected chi connectivity index (χ2v) is 6.89. The molecule has 1 aromatic carbocycles. The predicted molar refractivity (Wildman–Crippen MR) is 83.7 cm³/mol. The molecule has 19 heavy (non-hydrogen) atoms. The Morgan fingerprint density at radius 1 is 1.47 bits per heavy atom. The molecule has 0 aliphatic carbocycles. The average molecular weight is 327 g/mol. The van der Waals surface area contributed by atoms with Crippen molar-refractivity contribution in [1.82, 2.24) is 0 Å². The van der Waals surface area contributed by atoms with Crippen molar-refractivity contribution < 1.29 is 4.74 Å². The topological polar surface area (TPSA) is 38.5 Å². The van der Waals surface area contributed by atoms with Crippen LogP contribution in [-0.4, -0.2) is 31.3 Å². The third-order valence-electron chi connectivity index (χ3n) is 3.53. The van der Waals surface area contributed by atoms with Crippen molar-refractivity contribution in [2.75, 3.05) is 24.7 Å². The van der Waals surface area contributed by atoms with Crippen LogP contribution in [0.4, 0.5) is 5.69 Å². The fourth-order valence-corrected chi connectivity index (χ4v) is 2.96. The SMILES string of the molecule is CC(N)Cc1ccc(Br)cc1N1CCOCC1(C)C. The lowest BCUT2D eigenvalue weighted by atomic mass is 9.97. The average Bonchev–Trinajstić information content (AvgIpc) is 2.31. The Morgan fingerprint density at radius 2 is 2.21 bits per heavy atom. The summed E-state index contributed by atoms with van der Waals surface area (Å²) in [6.45, 7) is 8.97. The highest BCUT2D eigenvalue weighted by Crippen LogP contribution is 2.32. The van der Waals surface area contributed by atoms with Crippen molar-refractivity contribution in [2.24, 2.45) is 5.73 Å². The van der Waals surface area contributed by atoms with Gasteiger partial charge in [0.2, 0.25) is 0 Å². The molecule has 1 atom stereocenters. The van der Waals surface area contributed by atoms with Crippen LogP contribution in [0.2, 0.25) is 0 Å². The molecule has 1 aliphatic heterocycles. The Bertz CT molecular complexity index is 446. The molecular weight excluding hydrogens is 304 g/mol. The van der Waals surface area contributed by atoms with Gasteiger partial charge >= 0.3 is 0 Å². The molecule has 0 spiro atoms. The molecule has 1 unspecified atom stereocenters. The van der Waals surface area contributed by atoms with Gasteiger partial charge in [-0.25, -0.2) is 0 Å². The number of halogens is 1. The van der Waals surface area contributed by atoms with E-state index in [0.29, 0.717) is 0 Å². The molecule has 4 heteroatoms. The Balaban J connectivity index is 2.38. The van der Waals surface area contributed by atoms with Crippen LogP contribution in [0.3, 0.4) is 0 Å². The van der Waals surface area contributed by atoms with Gasteiger partial charge in [0.15, 0.2) is 0 Å². The van der Waals surface area contributed by atoms with Crippen LogP contribution in [0.15, 0.2) is 22.7 Å². The predicted octanol–water partition coefficient (Wildman–Crippen LogP) is 2.95. The lowest BCUT2D eigenvalue weighted by Crippen LogP contribution is -2.53. The second-order valence-electron chi connectivity index (χ2n) is 5.97. The zero-order chi connectivity index (χ0) is 14.0. The van der Waals surface area contributed by atoms with Crippen molar-refractivity contribution in [3.8, 4) is 0 Å². The van der Waals surface area contributed by atoms with Gasteiger partial charge in [0.1, 0.15) is 0 Å². The maximum atomic E-state index is 5.97. The van der Waals surface area contributed by atoms with Gasteiger partial charge in [0, 0.05) is 22.7 Å². The molecule has 1 aromatic rings. The van der Waals surface area contributed by atoms with Gasteiger partial charge in [-0.3, -0.25) is 0 Å². The fourth-order valence-electron chi connectivity index (χ4n) is 2.61. The highest BCUT2D eigenvalue weighted by atomic mass is 79.9. The van der Waals surface area contributed by atoms with Crippen LogP contribution in [-0.2, 0) is 11.2 Å². The Morgan fingerprint density at radius 3 is 2.84 bits per heavy atom. The van der Waals surface area contributed by atoms with Gasteiger partial charge in [-0.2, -0.15) is 0 Å². The summed E-state index contributed by atoms with van der Waals surface area (Å²) < 4.78 is 6.72. The van der Waals surface area contributed by atoms with E-state index in [-0.39, 0.29) is 11.6 Å². The normalized spacial score (nSPS) is 20.4. The van der Waals surface area contributed by atoms with E-state index in [1.54, 1.807) is 0 Å². The molecule has 1 heterocycles. The molecule has 2 N–H and O–H groups in total. The third-order valence-corrected chi connectivity index (χ3v) is 4.02. The lowest BCUT2D eigenvalue weighted by molar-refractivity contribution is 0.0643. The molecule has 0 radical (unpaired) electrons. The van der Waals surface area contributed by atoms with Gasteiger partial charge in [-0.05, 0) is 44.9 Å². The quantitative estimate of drug-likeness (QED) is 0.928. The number of benzene rings is 1. The van der Waals surface area contributed by atoms with Crippen molar-refractivity contribution >= 4 is 21.6 Å². The number of hydrogen-bond donors (Lipinski definition) is 1. The molecule has 1 fully saturated rings. The van der Waals surface area contributed by atoms with Crippen LogP contribution < -0.4 is 10.6 Å². The van der Waals surface area contributed by atoms with E-state index < -0.39 is 0 Å². The highest BCUT2D eigenvalue weighted by molar-refractivity contribution is 9.10. The first-order chi connectivity index (χ1) is 8.90. The summed E-state index contributed by atoms with van der Waals surface area (Å²) in [4.78, 5) is 2.44. The minimum Gasteiger partial charge on any atom is -0.377 e. The molecule has 1 aliphatic rings. The highest BCUT2D eigenvalue weighted by Gasteiger charge is 2.31. The van der Waals surface area contributed by atoms with Gasteiger partial charge in [-0.15, -0.1) is 0 Å². The maximum Gasteiger partial charge on any atom is 0.0694 e. The third kappa shape index (κ3) is 3.50. The van der Waals surface area contributed by atoms with E-state index in [1.165, 1.54) is 11.3 Å². The number of nitrogens with zero attached hydrogens (tertiary/aromatic N) is 1. The van der Waals surface area contributed by atoms with E-state index in [1.807, 2.05) is 0 Å². The van der Waals surface area contributed by atoms with Crippen molar-refractivity contribution in [1.29, 1.82) is 0 Å². The fraction of sp³-hybridized carbons (Fsp3) is 0.600. The molecule has 0 amide bonds. The van der Waals surface area contributed by atoms with Crippen molar-refractivity contribution in [3.63, 3.8) is 0 Å². The molecule has 0 bridgehead atoms. The summed E-state index contributed by atoms with van der Waals surface area (Å²) in [5.74, 6) is 0. The monoisotopic (exact) mass is 326 g/mol. The van der Waals surface area contributed by atoms with Crippen LogP contribution >= 0.6 is 15.9 Å². The molecule has 106 valence electrons. The van der Waals surface area contributed by atoms with Crippen LogP contribution in [0, 0.1) is 0 Å². The van der Waals surface area contributed by atoms with Crippen molar-refractivity contribution in [3.05, 3.63) is 28.2 Å². The largest absolute Gasteiger partial charge is 0.377 e. The summed E-state index contributed by atoms with van der Waals surface area (Å²) in [6, 6.07) is 6.64. The van der Waals surface area contributed by atoms with E-state index in [4.69, 9.17) is 10.5 Å². The maximum absolute atomic E-state index is 5.97. The lowest BCUT2D eigenvalue weighted by Gasteiger charge is -2.44. The summed E-state index contributed by atoms with van der Waals surface area (Å²) in [6.07, 6.45) is 0.899. The van der Waals surface area contributed by atoms with E-state index in [0.717, 1.165) is 30.7 Å². The minimum atomic E-state index is 0.0195. The summed E-state index contributed by atoms with van der Waals surface area (Å²) in [7, 11) is 0. The molecular formula is C15H23BrN2O. The second kappa shape index (κ2) is 5.81. The van der Waals surface area contributed by atoms with Crippen LogP contribution in [0.1, 0.15) is 26.3 Å². The van der Waals surface area contributed by atoms with Gasteiger partial charge in [0.25, 0.3) is 0 Å². The molecule has 1 saturated heterocycles. The number of rotatable bonds is 3. The number of morpholine rings is 1. The summed E-state index contributed by atoms with van der Waals surface area (Å²) in [5.41, 5.74) is 8.58. The Kier molecular flexibility index (Phi) is 4.54. The zero-order valence-corrected chi connectivity index (χ0v) is 13.5. The molecule has 2 rings (SSSR count). The minimum absolute atomic E-state index is 0.0195. The van der Waals surface area contributed by atoms with Gasteiger partial charge < -0.3 is 15.4 Å². The van der Waals surface area contributed by atoms with Crippen LogP contribution in [0.25, 0.3) is 0 Å². The number of anilines is 1. The molecule has 0 saturated carbocycles. The molecule has 3 nitrogen and oxygen atoms in total. The first-order valence-electron chi connectivity index (χ1n) is 6.79. The summed E-state index contributed by atoms with van der Waals surface area (Å²) in [5, 5.41) is 0. The van der Waals surface area contributed by atoms with Crippen molar-refractivity contribution in [2.45, 2.75) is 38.8 Å². The summed E-state index contributed by atoms with van der Waals surface area (Å²) >= 11 is 3.58.